The predicted molar refractivity (Wildman–Crippen MR) is 63.4 cm³/mol. The molecule has 2 N–H and O–H groups in total. The van der Waals surface area contributed by atoms with Gasteiger partial charge in [-0.3, -0.25) is 9.69 Å². The monoisotopic (exact) mass is 221 g/mol. The maximum absolute atomic E-state index is 11.7. The lowest BCUT2D eigenvalue weighted by atomic mass is 10.3. The number of aromatic amines is 1. The third-order valence-electron chi connectivity index (χ3n) is 3.16. The molecule has 1 saturated heterocycles. The highest BCUT2D eigenvalue weighted by Gasteiger charge is 2.18. The minimum absolute atomic E-state index is 0.0175. The van der Waals surface area contributed by atoms with Crippen molar-refractivity contribution in [3.8, 4) is 0 Å². The molecule has 16 heavy (non-hydrogen) atoms. The summed E-state index contributed by atoms with van der Waals surface area (Å²) in [5.41, 5.74) is 0.633. The van der Waals surface area contributed by atoms with Gasteiger partial charge in [0.15, 0.2) is 0 Å². The highest BCUT2D eigenvalue weighted by molar-refractivity contribution is 5.92. The number of rotatable bonds is 4. The smallest absolute Gasteiger partial charge is 0.267 e. The van der Waals surface area contributed by atoms with E-state index in [4.69, 9.17) is 0 Å². The van der Waals surface area contributed by atoms with E-state index in [2.05, 4.69) is 22.1 Å². The van der Waals surface area contributed by atoms with E-state index in [1.165, 1.54) is 25.9 Å². The molecule has 1 aliphatic heterocycles. The zero-order valence-electron chi connectivity index (χ0n) is 9.70. The molecule has 1 unspecified atom stereocenters. The summed E-state index contributed by atoms with van der Waals surface area (Å²) in [5, 5.41) is 2.95. The average molecular weight is 221 g/mol. The van der Waals surface area contributed by atoms with Gasteiger partial charge in [0.05, 0.1) is 0 Å². The van der Waals surface area contributed by atoms with Crippen LogP contribution in [-0.2, 0) is 0 Å². The van der Waals surface area contributed by atoms with Crippen molar-refractivity contribution in [2.75, 3.05) is 19.6 Å². The molecule has 0 radical (unpaired) electrons. The van der Waals surface area contributed by atoms with Crippen molar-refractivity contribution < 1.29 is 4.79 Å². The fraction of sp³-hybridized carbons (Fsp3) is 0.583. The Morgan fingerprint density at radius 3 is 2.94 bits per heavy atom. The van der Waals surface area contributed by atoms with Gasteiger partial charge in [-0.25, -0.2) is 0 Å². The quantitative estimate of drug-likeness (QED) is 0.803. The van der Waals surface area contributed by atoms with Crippen molar-refractivity contribution in [2.45, 2.75) is 25.8 Å². The second kappa shape index (κ2) is 5.16. The van der Waals surface area contributed by atoms with E-state index >= 15 is 0 Å². The summed E-state index contributed by atoms with van der Waals surface area (Å²) in [7, 11) is 0. The van der Waals surface area contributed by atoms with Crippen LogP contribution in [0, 0.1) is 0 Å². The fourth-order valence-corrected chi connectivity index (χ4v) is 2.12. The van der Waals surface area contributed by atoms with Crippen molar-refractivity contribution in [2.24, 2.45) is 0 Å². The summed E-state index contributed by atoms with van der Waals surface area (Å²) in [6, 6.07) is 4.05. The van der Waals surface area contributed by atoms with Crippen LogP contribution in [0.5, 0.6) is 0 Å². The third kappa shape index (κ3) is 2.64. The van der Waals surface area contributed by atoms with Crippen LogP contribution in [0.2, 0.25) is 0 Å². The largest absolute Gasteiger partial charge is 0.357 e. The minimum Gasteiger partial charge on any atom is -0.357 e. The van der Waals surface area contributed by atoms with Crippen LogP contribution in [-0.4, -0.2) is 41.5 Å². The molecule has 0 aromatic carbocycles. The molecular formula is C12H19N3O. The number of likely N-dealkylation sites (tertiary alicyclic amines) is 1. The van der Waals surface area contributed by atoms with E-state index in [0.717, 1.165) is 6.54 Å². The number of hydrogen-bond donors (Lipinski definition) is 2. The summed E-state index contributed by atoms with van der Waals surface area (Å²) in [6.07, 6.45) is 4.34. The second-order valence-corrected chi connectivity index (χ2v) is 4.39. The number of nitrogens with zero attached hydrogens (tertiary/aromatic N) is 1. The van der Waals surface area contributed by atoms with Gasteiger partial charge < -0.3 is 10.3 Å². The van der Waals surface area contributed by atoms with E-state index in [1.54, 1.807) is 12.3 Å². The molecule has 1 aromatic heterocycles. The SMILES string of the molecule is CC(CNC(=O)c1ccc[nH]1)N1CCCC1. The number of carbonyl (C=O) groups excluding carboxylic acids is 1. The predicted octanol–water partition coefficient (Wildman–Crippen LogP) is 1.23. The first kappa shape index (κ1) is 11.2. The van der Waals surface area contributed by atoms with Crippen LogP contribution in [0.4, 0.5) is 0 Å². The molecule has 2 rings (SSSR count). The molecule has 0 spiro atoms. The maximum atomic E-state index is 11.7. The molecule has 0 bridgehead atoms. The van der Waals surface area contributed by atoms with E-state index < -0.39 is 0 Å². The van der Waals surface area contributed by atoms with Gasteiger partial charge in [-0.1, -0.05) is 0 Å². The molecule has 0 aliphatic carbocycles. The lowest BCUT2D eigenvalue weighted by Gasteiger charge is -2.23. The molecule has 1 aromatic rings. The average Bonchev–Trinajstić information content (AvgIpc) is 2.95. The van der Waals surface area contributed by atoms with E-state index in [-0.39, 0.29) is 5.91 Å². The van der Waals surface area contributed by atoms with Gasteiger partial charge in [-0.05, 0) is 45.0 Å². The third-order valence-corrected chi connectivity index (χ3v) is 3.16. The van der Waals surface area contributed by atoms with Crippen molar-refractivity contribution in [1.82, 2.24) is 15.2 Å². The lowest BCUT2D eigenvalue weighted by molar-refractivity contribution is 0.0936. The van der Waals surface area contributed by atoms with Crippen LogP contribution in [0.25, 0.3) is 0 Å². The summed E-state index contributed by atoms with van der Waals surface area (Å²) >= 11 is 0. The van der Waals surface area contributed by atoms with Crippen molar-refractivity contribution in [3.63, 3.8) is 0 Å². The number of H-pyrrole nitrogens is 1. The zero-order valence-corrected chi connectivity index (χ0v) is 9.70. The van der Waals surface area contributed by atoms with Gasteiger partial charge in [0, 0.05) is 18.8 Å². The van der Waals surface area contributed by atoms with Crippen LogP contribution < -0.4 is 5.32 Å². The molecule has 0 saturated carbocycles. The summed E-state index contributed by atoms with van der Waals surface area (Å²) < 4.78 is 0. The van der Waals surface area contributed by atoms with Gasteiger partial charge in [0.25, 0.3) is 5.91 Å². The fourth-order valence-electron chi connectivity index (χ4n) is 2.12. The Kier molecular flexibility index (Phi) is 3.62. The van der Waals surface area contributed by atoms with Gasteiger partial charge in [-0.2, -0.15) is 0 Å². The second-order valence-electron chi connectivity index (χ2n) is 4.39. The molecule has 1 aliphatic rings. The zero-order chi connectivity index (χ0) is 11.4. The van der Waals surface area contributed by atoms with Crippen LogP contribution in [0.1, 0.15) is 30.3 Å². The van der Waals surface area contributed by atoms with Crippen LogP contribution in [0.3, 0.4) is 0 Å². The van der Waals surface area contributed by atoms with E-state index in [1.807, 2.05) is 6.07 Å². The maximum Gasteiger partial charge on any atom is 0.267 e. The van der Waals surface area contributed by atoms with Crippen molar-refractivity contribution >= 4 is 5.91 Å². The molecule has 1 atom stereocenters. The normalized spacial score (nSPS) is 18.6. The number of carbonyl (C=O) groups is 1. The van der Waals surface area contributed by atoms with Crippen molar-refractivity contribution in [1.29, 1.82) is 0 Å². The molecule has 4 nitrogen and oxygen atoms in total. The Labute approximate surface area is 96.0 Å². The van der Waals surface area contributed by atoms with Gasteiger partial charge in [0.2, 0.25) is 0 Å². The number of amides is 1. The van der Waals surface area contributed by atoms with Gasteiger partial charge in [0.1, 0.15) is 5.69 Å². The Hall–Kier alpha value is -1.29. The Bertz CT molecular complexity index is 328. The molecule has 1 amide bonds. The van der Waals surface area contributed by atoms with Crippen LogP contribution in [0.15, 0.2) is 18.3 Å². The summed E-state index contributed by atoms with van der Waals surface area (Å²) in [5.74, 6) is -0.0175. The number of nitrogens with one attached hydrogen (secondary N) is 2. The lowest BCUT2D eigenvalue weighted by Crippen LogP contribution is -2.40. The van der Waals surface area contributed by atoms with Gasteiger partial charge >= 0.3 is 0 Å². The van der Waals surface area contributed by atoms with Crippen molar-refractivity contribution in [3.05, 3.63) is 24.0 Å². The standard InChI is InChI=1S/C12H19N3O/c1-10(15-7-2-3-8-15)9-14-12(16)11-5-4-6-13-11/h4-6,10,13H,2-3,7-9H2,1H3,(H,14,16). The van der Waals surface area contributed by atoms with Gasteiger partial charge in [-0.15, -0.1) is 0 Å². The first-order chi connectivity index (χ1) is 7.77. The van der Waals surface area contributed by atoms with Crippen LogP contribution >= 0.6 is 0 Å². The summed E-state index contributed by atoms with van der Waals surface area (Å²) in [4.78, 5) is 17.0. The summed E-state index contributed by atoms with van der Waals surface area (Å²) in [6.45, 7) is 5.22. The molecule has 2 heterocycles. The molecule has 88 valence electrons. The Morgan fingerprint density at radius 1 is 1.56 bits per heavy atom. The van der Waals surface area contributed by atoms with E-state index in [9.17, 15) is 4.79 Å². The Morgan fingerprint density at radius 2 is 2.31 bits per heavy atom. The first-order valence-electron chi connectivity index (χ1n) is 5.93. The molecular weight excluding hydrogens is 202 g/mol. The van der Waals surface area contributed by atoms with E-state index in [0.29, 0.717) is 11.7 Å². The number of aromatic nitrogens is 1. The highest BCUT2D eigenvalue weighted by atomic mass is 16.1. The first-order valence-corrected chi connectivity index (χ1v) is 5.93. The highest BCUT2D eigenvalue weighted by Crippen LogP contribution is 2.10. The minimum atomic E-state index is -0.0175. The molecule has 4 heteroatoms. The molecule has 1 fully saturated rings. The number of hydrogen-bond acceptors (Lipinski definition) is 2. The Balaban J connectivity index is 1.76. The topological polar surface area (TPSA) is 48.1 Å².